The zero-order valence-corrected chi connectivity index (χ0v) is 15.5. The molecule has 0 heterocycles. The first kappa shape index (κ1) is 19.7. The highest BCUT2D eigenvalue weighted by Gasteiger charge is 2.19. The Hall–Kier alpha value is -2.65. The van der Waals surface area contributed by atoms with Crippen LogP contribution in [0.2, 0.25) is 0 Å². The normalized spacial score (nSPS) is 11.2. The molecule has 0 spiro atoms. The lowest BCUT2D eigenvalue weighted by Crippen LogP contribution is -2.29. The first-order chi connectivity index (χ1) is 12.2. The lowest BCUT2D eigenvalue weighted by molar-refractivity contribution is -0.385. The van der Waals surface area contributed by atoms with Crippen LogP contribution in [-0.2, 0) is 10.0 Å². The number of likely N-dealkylation sites (N-methyl/N-ethyl adjacent to an activating group) is 1. The molecular weight excluding hydrogens is 356 g/mol. The Morgan fingerprint density at radius 2 is 1.96 bits per heavy atom. The van der Waals surface area contributed by atoms with Crippen LogP contribution >= 0.6 is 0 Å². The van der Waals surface area contributed by atoms with Crippen molar-refractivity contribution in [3.63, 3.8) is 0 Å². The number of nitro benzene ring substituents is 1. The van der Waals surface area contributed by atoms with Gasteiger partial charge in [0, 0.05) is 37.5 Å². The van der Waals surface area contributed by atoms with Crippen LogP contribution < -0.4 is 15.4 Å². The van der Waals surface area contributed by atoms with Crippen molar-refractivity contribution in [1.82, 2.24) is 0 Å². The third kappa shape index (κ3) is 4.93. The molecule has 2 rings (SSSR count). The molecule has 0 saturated heterocycles. The Balaban J connectivity index is 2.15. The lowest BCUT2D eigenvalue weighted by atomic mass is 10.2. The molecule has 9 heteroatoms. The van der Waals surface area contributed by atoms with E-state index in [1.807, 2.05) is 32.0 Å². The lowest BCUT2D eigenvalue weighted by Gasteiger charge is -2.24. The average molecular weight is 378 g/mol. The van der Waals surface area contributed by atoms with Gasteiger partial charge < -0.3 is 10.2 Å². The second-order valence-corrected chi connectivity index (χ2v) is 7.36. The smallest absolute Gasteiger partial charge is 0.270 e. The molecule has 0 radical (unpaired) electrons. The van der Waals surface area contributed by atoms with E-state index in [9.17, 15) is 18.5 Å². The fourth-order valence-electron chi connectivity index (χ4n) is 2.63. The summed E-state index contributed by atoms with van der Waals surface area (Å²) >= 11 is 0. The van der Waals surface area contributed by atoms with Gasteiger partial charge in [0.05, 0.1) is 10.6 Å². The molecule has 0 atom stereocenters. The molecule has 3 N–H and O–H groups in total. The van der Waals surface area contributed by atoms with Crippen LogP contribution in [0.5, 0.6) is 0 Å². The standard InChI is InChI=1S/C17H22N4O4S/c1-3-20(14-6-4-5-13(2)11-14)10-9-19-16-8-7-15(21(22)23)12-17(16)26(18,24)25/h4-8,11-12,19H,3,9-10H2,1-2H3,(H2,18,24,25). The predicted octanol–water partition coefficient (Wildman–Crippen LogP) is 2.49. The van der Waals surface area contributed by atoms with E-state index in [0.29, 0.717) is 13.1 Å². The van der Waals surface area contributed by atoms with Gasteiger partial charge in [-0.25, -0.2) is 13.6 Å². The van der Waals surface area contributed by atoms with Crippen molar-refractivity contribution in [2.75, 3.05) is 29.9 Å². The van der Waals surface area contributed by atoms with Crippen LogP contribution in [0.4, 0.5) is 17.1 Å². The maximum Gasteiger partial charge on any atom is 0.270 e. The Labute approximate surface area is 152 Å². The Morgan fingerprint density at radius 3 is 2.54 bits per heavy atom. The van der Waals surface area contributed by atoms with Crippen LogP contribution in [0.25, 0.3) is 0 Å². The summed E-state index contributed by atoms with van der Waals surface area (Å²) in [6.45, 7) is 5.91. The minimum Gasteiger partial charge on any atom is -0.382 e. The average Bonchev–Trinajstić information content (AvgIpc) is 2.57. The number of nitrogens with one attached hydrogen (secondary N) is 1. The molecule has 0 aliphatic heterocycles. The summed E-state index contributed by atoms with van der Waals surface area (Å²) < 4.78 is 23.5. The Kier molecular flexibility index (Phi) is 6.17. The number of non-ortho nitro benzene ring substituents is 1. The van der Waals surface area contributed by atoms with Crippen LogP contribution in [0.15, 0.2) is 47.4 Å². The third-order valence-electron chi connectivity index (χ3n) is 3.93. The fourth-order valence-corrected chi connectivity index (χ4v) is 3.36. The van der Waals surface area contributed by atoms with Crippen molar-refractivity contribution in [3.8, 4) is 0 Å². The van der Waals surface area contributed by atoms with Gasteiger partial charge in [-0.15, -0.1) is 0 Å². The Bertz CT molecular complexity index is 899. The molecule has 2 aromatic rings. The van der Waals surface area contributed by atoms with Gasteiger partial charge >= 0.3 is 0 Å². The summed E-state index contributed by atoms with van der Waals surface area (Å²) in [5, 5.41) is 19.1. The van der Waals surface area contributed by atoms with Gasteiger partial charge in [-0.1, -0.05) is 12.1 Å². The second kappa shape index (κ2) is 8.15. The van der Waals surface area contributed by atoms with E-state index in [1.54, 1.807) is 0 Å². The quantitative estimate of drug-likeness (QED) is 0.538. The zero-order valence-electron chi connectivity index (χ0n) is 14.7. The van der Waals surface area contributed by atoms with E-state index >= 15 is 0 Å². The van der Waals surface area contributed by atoms with E-state index in [0.717, 1.165) is 23.9 Å². The summed E-state index contributed by atoms with van der Waals surface area (Å²) in [4.78, 5) is 12.1. The number of nitrogens with two attached hydrogens (primary N) is 1. The van der Waals surface area contributed by atoms with Gasteiger partial charge in [0.25, 0.3) is 5.69 Å². The Morgan fingerprint density at radius 1 is 1.23 bits per heavy atom. The predicted molar refractivity (Wildman–Crippen MR) is 102 cm³/mol. The van der Waals surface area contributed by atoms with Gasteiger partial charge in [0.2, 0.25) is 10.0 Å². The van der Waals surface area contributed by atoms with E-state index in [1.165, 1.54) is 12.1 Å². The first-order valence-electron chi connectivity index (χ1n) is 8.09. The summed E-state index contributed by atoms with van der Waals surface area (Å²) in [5.74, 6) is 0. The molecule has 8 nitrogen and oxygen atoms in total. The first-order valence-corrected chi connectivity index (χ1v) is 9.63. The van der Waals surface area contributed by atoms with Crippen molar-refractivity contribution < 1.29 is 13.3 Å². The van der Waals surface area contributed by atoms with E-state index in [-0.39, 0.29) is 16.3 Å². The molecule has 0 bridgehead atoms. The molecule has 0 aromatic heterocycles. The van der Waals surface area contributed by atoms with Gasteiger partial charge in [0.1, 0.15) is 4.90 Å². The molecule has 26 heavy (non-hydrogen) atoms. The number of rotatable bonds is 8. The summed E-state index contributed by atoms with van der Waals surface area (Å²) in [7, 11) is -4.08. The van der Waals surface area contributed by atoms with Gasteiger partial charge in [0.15, 0.2) is 0 Å². The molecule has 0 fully saturated rings. The molecule has 0 saturated carbocycles. The number of sulfonamides is 1. The molecule has 0 aliphatic carbocycles. The zero-order chi connectivity index (χ0) is 19.3. The second-order valence-electron chi connectivity index (χ2n) is 5.83. The van der Waals surface area contributed by atoms with E-state index < -0.39 is 14.9 Å². The molecule has 0 aliphatic rings. The summed E-state index contributed by atoms with van der Waals surface area (Å²) in [6, 6.07) is 11.7. The highest BCUT2D eigenvalue weighted by atomic mass is 32.2. The van der Waals surface area contributed by atoms with Gasteiger partial charge in [-0.2, -0.15) is 0 Å². The number of aryl methyl sites for hydroxylation is 1. The molecule has 0 unspecified atom stereocenters. The number of nitro groups is 1. The molecular formula is C17H22N4O4S. The van der Waals surface area contributed by atoms with E-state index in [2.05, 4.69) is 16.3 Å². The van der Waals surface area contributed by atoms with Crippen molar-refractivity contribution >= 4 is 27.1 Å². The van der Waals surface area contributed by atoms with E-state index in [4.69, 9.17) is 5.14 Å². The number of anilines is 2. The highest BCUT2D eigenvalue weighted by Crippen LogP contribution is 2.25. The molecule has 0 amide bonds. The minimum absolute atomic E-state index is 0.249. The minimum atomic E-state index is -4.08. The van der Waals surface area contributed by atoms with Crippen molar-refractivity contribution in [1.29, 1.82) is 0 Å². The van der Waals surface area contributed by atoms with Crippen molar-refractivity contribution in [2.45, 2.75) is 18.7 Å². The van der Waals surface area contributed by atoms with Crippen LogP contribution in [0.1, 0.15) is 12.5 Å². The maximum absolute atomic E-state index is 11.7. The van der Waals surface area contributed by atoms with Gasteiger partial charge in [-0.05, 0) is 37.6 Å². The van der Waals surface area contributed by atoms with Crippen molar-refractivity contribution in [3.05, 3.63) is 58.1 Å². The molecule has 2 aromatic carbocycles. The number of hydrogen-bond acceptors (Lipinski definition) is 6. The topological polar surface area (TPSA) is 119 Å². The number of primary sulfonamides is 1. The SMILES string of the molecule is CCN(CCNc1ccc([N+](=O)[O-])cc1S(N)(=O)=O)c1cccc(C)c1. The number of benzene rings is 2. The number of hydrogen-bond donors (Lipinski definition) is 2. The maximum atomic E-state index is 11.7. The summed E-state index contributed by atoms with van der Waals surface area (Å²) in [5.41, 5.74) is 2.15. The van der Waals surface area contributed by atoms with Crippen LogP contribution in [-0.4, -0.2) is 33.0 Å². The fraction of sp³-hybridized carbons (Fsp3) is 0.294. The van der Waals surface area contributed by atoms with Crippen LogP contribution in [0, 0.1) is 17.0 Å². The number of nitrogens with zero attached hydrogens (tertiary/aromatic N) is 2. The highest BCUT2D eigenvalue weighted by molar-refractivity contribution is 7.89. The monoisotopic (exact) mass is 378 g/mol. The van der Waals surface area contributed by atoms with Crippen molar-refractivity contribution in [2.24, 2.45) is 5.14 Å². The summed E-state index contributed by atoms with van der Waals surface area (Å²) in [6.07, 6.45) is 0. The van der Waals surface area contributed by atoms with Gasteiger partial charge in [-0.3, -0.25) is 10.1 Å². The molecule has 140 valence electrons. The largest absolute Gasteiger partial charge is 0.382 e. The third-order valence-corrected chi connectivity index (χ3v) is 4.88. The van der Waals surface area contributed by atoms with Crippen LogP contribution in [0.3, 0.4) is 0 Å².